The summed E-state index contributed by atoms with van der Waals surface area (Å²) < 4.78 is 5.90. The minimum absolute atomic E-state index is 0.0965. The number of ether oxygens (including phenoxy) is 1. The molecule has 0 bridgehead atoms. The SMILES string of the molecule is O=[N+]([O-])c1ccc(Oc2nnc(Br)s2)c(Cl)c1. The molecule has 0 saturated heterocycles. The van der Waals surface area contributed by atoms with Crippen molar-refractivity contribution in [1.29, 1.82) is 0 Å². The first kappa shape index (κ1) is 12.2. The van der Waals surface area contributed by atoms with Gasteiger partial charge in [-0.15, -0.1) is 5.10 Å². The number of hydrogen-bond donors (Lipinski definition) is 0. The molecular formula is C8H3BrClN3O3S. The molecule has 17 heavy (non-hydrogen) atoms. The summed E-state index contributed by atoms with van der Waals surface area (Å²) in [6.07, 6.45) is 0. The fourth-order valence-corrected chi connectivity index (χ4v) is 2.16. The summed E-state index contributed by atoms with van der Waals surface area (Å²) in [6.45, 7) is 0. The van der Waals surface area contributed by atoms with Gasteiger partial charge in [-0.25, -0.2) is 0 Å². The monoisotopic (exact) mass is 335 g/mol. The summed E-state index contributed by atoms with van der Waals surface area (Å²) in [5.74, 6) is 0.293. The van der Waals surface area contributed by atoms with Crippen LogP contribution in [0.25, 0.3) is 0 Å². The average Bonchev–Trinajstić information content (AvgIpc) is 2.67. The first-order valence-electron chi connectivity index (χ1n) is 4.17. The van der Waals surface area contributed by atoms with E-state index in [4.69, 9.17) is 16.3 Å². The maximum absolute atomic E-state index is 10.5. The highest BCUT2D eigenvalue weighted by molar-refractivity contribution is 9.11. The van der Waals surface area contributed by atoms with Crippen LogP contribution in [0.4, 0.5) is 5.69 Å². The lowest BCUT2D eigenvalue weighted by Crippen LogP contribution is -1.89. The fourth-order valence-electron chi connectivity index (χ4n) is 1.01. The Morgan fingerprint density at radius 2 is 2.24 bits per heavy atom. The summed E-state index contributed by atoms with van der Waals surface area (Å²) >= 11 is 10.2. The van der Waals surface area contributed by atoms with E-state index in [1.54, 1.807) is 0 Å². The lowest BCUT2D eigenvalue weighted by Gasteiger charge is -2.02. The molecule has 0 aliphatic rings. The summed E-state index contributed by atoms with van der Waals surface area (Å²) in [6, 6.07) is 3.93. The highest BCUT2D eigenvalue weighted by Gasteiger charge is 2.12. The Bertz CT molecular complexity index is 577. The van der Waals surface area contributed by atoms with Gasteiger partial charge in [0.2, 0.25) is 0 Å². The van der Waals surface area contributed by atoms with Crippen LogP contribution in [0.1, 0.15) is 0 Å². The second-order valence-electron chi connectivity index (χ2n) is 2.79. The van der Waals surface area contributed by atoms with Crippen LogP contribution in [-0.4, -0.2) is 15.1 Å². The molecule has 0 N–H and O–H groups in total. The van der Waals surface area contributed by atoms with E-state index in [0.29, 0.717) is 14.9 Å². The first-order valence-corrected chi connectivity index (χ1v) is 6.16. The van der Waals surface area contributed by atoms with Gasteiger partial charge in [0.25, 0.3) is 10.9 Å². The predicted octanol–water partition coefficient (Wildman–Crippen LogP) is 3.65. The van der Waals surface area contributed by atoms with Crippen LogP contribution >= 0.6 is 38.9 Å². The lowest BCUT2D eigenvalue weighted by atomic mass is 10.3. The Morgan fingerprint density at radius 1 is 1.47 bits per heavy atom. The summed E-state index contributed by atoms with van der Waals surface area (Å²) in [7, 11) is 0. The van der Waals surface area contributed by atoms with Gasteiger partial charge in [-0.05, 0) is 33.3 Å². The molecule has 0 fully saturated rings. The van der Waals surface area contributed by atoms with Gasteiger partial charge in [-0.1, -0.05) is 16.7 Å². The highest BCUT2D eigenvalue weighted by Crippen LogP contribution is 2.34. The summed E-state index contributed by atoms with van der Waals surface area (Å²) in [5, 5.41) is 18.4. The number of benzene rings is 1. The van der Waals surface area contributed by atoms with E-state index in [-0.39, 0.29) is 10.7 Å². The van der Waals surface area contributed by atoms with Crippen LogP contribution in [0.3, 0.4) is 0 Å². The van der Waals surface area contributed by atoms with Gasteiger partial charge >= 0.3 is 0 Å². The molecule has 2 aromatic rings. The third-order valence-corrected chi connectivity index (χ3v) is 3.23. The number of rotatable bonds is 3. The summed E-state index contributed by atoms with van der Waals surface area (Å²) in [5.41, 5.74) is -0.0965. The van der Waals surface area contributed by atoms with Crippen molar-refractivity contribution in [2.24, 2.45) is 0 Å². The van der Waals surface area contributed by atoms with Crippen LogP contribution in [-0.2, 0) is 0 Å². The predicted molar refractivity (Wildman–Crippen MR) is 65.8 cm³/mol. The molecule has 88 valence electrons. The van der Waals surface area contributed by atoms with Gasteiger partial charge in [0.15, 0.2) is 3.92 Å². The van der Waals surface area contributed by atoms with E-state index < -0.39 is 4.92 Å². The van der Waals surface area contributed by atoms with E-state index in [1.807, 2.05) is 0 Å². The molecule has 1 aromatic carbocycles. The number of nitro groups is 1. The zero-order chi connectivity index (χ0) is 12.4. The van der Waals surface area contributed by atoms with E-state index in [9.17, 15) is 10.1 Å². The van der Waals surface area contributed by atoms with Crippen molar-refractivity contribution in [2.45, 2.75) is 0 Å². The van der Waals surface area contributed by atoms with E-state index >= 15 is 0 Å². The van der Waals surface area contributed by atoms with E-state index in [0.717, 1.165) is 0 Å². The first-order chi connectivity index (χ1) is 8.06. The molecule has 0 atom stereocenters. The second-order valence-corrected chi connectivity index (χ2v) is 5.42. The normalized spacial score (nSPS) is 10.2. The van der Waals surface area contributed by atoms with Crippen molar-refractivity contribution < 1.29 is 9.66 Å². The zero-order valence-corrected chi connectivity index (χ0v) is 11.1. The van der Waals surface area contributed by atoms with Crippen LogP contribution in [0, 0.1) is 10.1 Å². The van der Waals surface area contributed by atoms with Gasteiger partial charge in [-0.3, -0.25) is 10.1 Å². The molecule has 0 aliphatic heterocycles. The Balaban J connectivity index is 2.25. The molecule has 6 nitrogen and oxygen atoms in total. The largest absolute Gasteiger partial charge is 0.428 e. The average molecular weight is 337 g/mol. The standard InChI is InChI=1S/C8H3BrClN3O3S/c9-7-11-12-8(17-7)16-6-2-1-4(13(14)15)3-5(6)10/h1-3H. The number of non-ortho nitro benzene ring substituents is 1. The smallest absolute Gasteiger partial charge is 0.300 e. The van der Waals surface area contributed by atoms with Crippen molar-refractivity contribution in [2.75, 3.05) is 0 Å². The molecular weight excluding hydrogens is 334 g/mol. The Kier molecular flexibility index (Phi) is 3.55. The van der Waals surface area contributed by atoms with Gasteiger partial charge in [0.1, 0.15) is 5.75 Å². The van der Waals surface area contributed by atoms with Gasteiger partial charge in [0, 0.05) is 12.1 Å². The quantitative estimate of drug-likeness (QED) is 0.631. The third-order valence-electron chi connectivity index (χ3n) is 1.71. The highest BCUT2D eigenvalue weighted by atomic mass is 79.9. The number of aromatic nitrogens is 2. The maximum atomic E-state index is 10.5. The topological polar surface area (TPSA) is 78.2 Å². The number of nitrogens with zero attached hydrogens (tertiary/aromatic N) is 3. The molecule has 0 radical (unpaired) electrons. The molecule has 0 amide bonds. The van der Waals surface area contributed by atoms with Crippen LogP contribution in [0.15, 0.2) is 22.1 Å². The second kappa shape index (κ2) is 4.94. The van der Waals surface area contributed by atoms with Gasteiger partial charge in [0.05, 0.1) is 9.95 Å². The molecule has 9 heteroatoms. The zero-order valence-electron chi connectivity index (χ0n) is 7.96. The van der Waals surface area contributed by atoms with Gasteiger partial charge < -0.3 is 4.74 Å². The van der Waals surface area contributed by atoms with Crippen molar-refractivity contribution in [3.8, 4) is 10.9 Å². The molecule has 2 rings (SSSR count). The Hall–Kier alpha value is -1.25. The molecule has 0 saturated carbocycles. The Labute approximate surface area is 112 Å². The van der Waals surface area contributed by atoms with Crippen LogP contribution in [0.2, 0.25) is 5.02 Å². The van der Waals surface area contributed by atoms with E-state index in [1.165, 1.54) is 29.5 Å². The molecule has 0 aliphatic carbocycles. The minimum atomic E-state index is -0.531. The van der Waals surface area contributed by atoms with Crippen molar-refractivity contribution in [3.63, 3.8) is 0 Å². The molecule has 0 unspecified atom stereocenters. The van der Waals surface area contributed by atoms with Crippen molar-refractivity contribution in [1.82, 2.24) is 10.2 Å². The third kappa shape index (κ3) is 2.90. The number of nitro benzene ring substituents is 1. The van der Waals surface area contributed by atoms with Crippen LogP contribution < -0.4 is 4.74 Å². The maximum Gasteiger partial charge on any atom is 0.300 e. The van der Waals surface area contributed by atoms with Crippen LogP contribution in [0.5, 0.6) is 10.9 Å². The molecule has 0 spiro atoms. The molecule has 1 aromatic heterocycles. The molecule has 1 heterocycles. The van der Waals surface area contributed by atoms with Crippen molar-refractivity contribution >= 4 is 44.6 Å². The number of hydrogen-bond acceptors (Lipinski definition) is 6. The van der Waals surface area contributed by atoms with E-state index in [2.05, 4.69) is 26.1 Å². The van der Waals surface area contributed by atoms with Crippen molar-refractivity contribution in [3.05, 3.63) is 37.3 Å². The fraction of sp³-hybridized carbons (Fsp3) is 0. The number of halogens is 2. The minimum Gasteiger partial charge on any atom is -0.428 e. The van der Waals surface area contributed by atoms with Gasteiger partial charge in [-0.2, -0.15) is 0 Å². The Morgan fingerprint density at radius 3 is 2.76 bits per heavy atom. The summed E-state index contributed by atoms with van der Waals surface area (Å²) in [4.78, 5) is 9.98. The lowest BCUT2D eigenvalue weighted by molar-refractivity contribution is -0.384.